The Labute approximate surface area is 346 Å². The third-order valence-electron chi connectivity index (χ3n) is 17.2. The number of allylic oxidation sites excluding steroid dienone is 3. The highest BCUT2D eigenvalue weighted by Crippen LogP contribution is 2.76. The molecule has 5 fully saturated rings. The number of rotatable bonds is 6. The van der Waals surface area contributed by atoms with Gasteiger partial charge in [0.25, 0.3) is 0 Å². The van der Waals surface area contributed by atoms with Gasteiger partial charge in [0.1, 0.15) is 5.60 Å². The molecule has 1 aliphatic heterocycles. The van der Waals surface area contributed by atoms with E-state index in [4.69, 9.17) is 4.74 Å². The Morgan fingerprint density at radius 3 is 2.19 bits per heavy atom. The third-order valence-corrected chi connectivity index (χ3v) is 17.2. The van der Waals surface area contributed by atoms with Crippen LogP contribution in [0.4, 0.5) is 9.59 Å². The van der Waals surface area contributed by atoms with Gasteiger partial charge in [-0.3, -0.25) is 4.79 Å². The van der Waals surface area contributed by atoms with E-state index < -0.39 is 35.2 Å². The highest BCUT2D eigenvalue weighted by Gasteiger charge is 2.70. The number of benzene rings is 1. The number of carbonyl (C=O) groups is 4. The van der Waals surface area contributed by atoms with Gasteiger partial charge in [0.05, 0.1) is 18.0 Å². The summed E-state index contributed by atoms with van der Waals surface area (Å²) in [5.74, 6) is 0.0573. The second-order valence-electron chi connectivity index (χ2n) is 21.6. The maximum absolute atomic E-state index is 14.6. The number of carboxylic acid groups (broad SMARTS) is 2. The molecular weight excluding hydrogens is 731 g/mol. The maximum atomic E-state index is 14.6. The molecule has 1 unspecified atom stereocenters. The lowest BCUT2D eigenvalue weighted by molar-refractivity contribution is -0.218. The number of fused-ring (bicyclic) bond motifs is 7. The van der Waals surface area contributed by atoms with Crippen molar-refractivity contribution in [1.29, 1.82) is 0 Å². The Hall–Kier alpha value is -3.82. The van der Waals surface area contributed by atoms with Crippen molar-refractivity contribution < 1.29 is 34.1 Å². The van der Waals surface area contributed by atoms with Crippen LogP contribution in [0.5, 0.6) is 0 Å². The molecule has 0 radical (unpaired) electrons. The standard InChI is InChI=1S/C48H69N3O7/c1-29(2)33-17-22-48(49-41(56)51-26-25-50(28-32(51)27-38(52)53)42(57)58-43(3,4)5)24-23-46(9)35(39(33)48)15-16-37-45(8)20-18-34(30-11-13-31(14-12-30)40(54)55)44(6,7)36(45)19-21-47(37,46)10/h11-14,18,32-33,35-37,39H,1,15-17,19-28H2,2-10H3,(H,49,56)(H,52,53)(H,54,55)/t32?,33-,35+,36-,37+,39+,45-,46+,47+,48-/m0/s1. The molecule has 3 N–H and O–H groups in total. The zero-order valence-electron chi connectivity index (χ0n) is 36.6. The van der Waals surface area contributed by atoms with Gasteiger partial charge in [-0.25, -0.2) is 14.4 Å². The summed E-state index contributed by atoms with van der Waals surface area (Å²) in [6.07, 6.45) is 11.1. The molecule has 58 heavy (non-hydrogen) atoms. The molecule has 4 saturated carbocycles. The summed E-state index contributed by atoms with van der Waals surface area (Å²) < 4.78 is 5.61. The van der Waals surface area contributed by atoms with Crippen molar-refractivity contribution in [2.75, 3.05) is 19.6 Å². The van der Waals surface area contributed by atoms with E-state index in [1.165, 1.54) is 11.1 Å². The van der Waals surface area contributed by atoms with Crippen molar-refractivity contribution in [3.63, 3.8) is 0 Å². The molecule has 0 spiro atoms. The summed E-state index contributed by atoms with van der Waals surface area (Å²) in [6, 6.07) is 6.56. The highest BCUT2D eigenvalue weighted by atomic mass is 16.6. The first kappa shape index (κ1) is 42.3. The van der Waals surface area contributed by atoms with E-state index in [-0.39, 0.29) is 59.7 Å². The van der Waals surface area contributed by atoms with Crippen LogP contribution >= 0.6 is 0 Å². The number of hydrogen-bond acceptors (Lipinski definition) is 5. The Bertz CT molecular complexity index is 1880. The first-order chi connectivity index (χ1) is 27.0. The van der Waals surface area contributed by atoms with Crippen molar-refractivity contribution in [2.45, 2.75) is 144 Å². The van der Waals surface area contributed by atoms with Crippen LogP contribution in [0, 0.1) is 51.2 Å². The molecule has 6 aliphatic rings. The van der Waals surface area contributed by atoms with Crippen molar-refractivity contribution >= 4 is 29.6 Å². The molecule has 3 amide bonds. The predicted molar refractivity (Wildman–Crippen MR) is 225 cm³/mol. The third kappa shape index (κ3) is 6.76. The minimum Gasteiger partial charge on any atom is -0.481 e. The van der Waals surface area contributed by atoms with Crippen LogP contribution < -0.4 is 5.32 Å². The van der Waals surface area contributed by atoms with E-state index in [2.05, 4.69) is 59.5 Å². The topological polar surface area (TPSA) is 136 Å². The van der Waals surface area contributed by atoms with Gasteiger partial charge in [0.15, 0.2) is 0 Å². The van der Waals surface area contributed by atoms with Crippen LogP contribution in [0.3, 0.4) is 0 Å². The van der Waals surface area contributed by atoms with Gasteiger partial charge in [-0.1, -0.05) is 65.0 Å². The number of ether oxygens (including phenoxy) is 1. The lowest BCUT2D eigenvalue weighted by atomic mass is 9.33. The number of urea groups is 1. The van der Waals surface area contributed by atoms with Crippen molar-refractivity contribution in [3.05, 3.63) is 53.6 Å². The minimum absolute atomic E-state index is 0.0620. The minimum atomic E-state index is -1.00. The molecule has 10 atom stereocenters. The lowest BCUT2D eigenvalue weighted by Gasteiger charge is -2.72. The van der Waals surface area contributed by atoms with Gasteiger partial charge >= 0.3 is 24.1 Å². The number of amides is 3. The molecule has 10 nitrogen and oxygen atoms in total. The van der Waals surface area contributed by atoms with Gasteiger partial charge in [-0.2, -0.15) is 0 Å². The summed E-state index contributed by atoms with van der Waals surface area (Å²) in [4.78, 5) is 54.5. The van der Waals surface area contributed by atoms with Crippen LogP contribution in [0.2, 0.25) is 0 Å². The van der Waals surface area contributed by atoms with Crippen molar-refractivity contribution in [1.82, 2.24) is 15.1 Å². The Morgan fingerprint density at radius 2 is 1.57 bits per heavy atom. The second-order valence-corrected chi connectivity index (χ2v) is 21.6. The van der Waals surface area contributed by atoms with Crippen LogP contribution in [-0.4, -0.2) is 80.9 Å². The van der Waals surface area contributed by atoms with Gasteiger partial charge in [0.2, 0.25) is 0 Å². The monoisotopic (exact) mass is 800 g/mol. The van der Waals surface area contributed by atoms with E-state index in [1.807, 2.05) is 32.9 Å². The number of nitrogens with zero attached hydrogens (tertiary/aromatic N) is 2. The van der Waals surface area contributed by atoms with E-state index in [9.17, 15) is 29.4 Å². The predicted octanol–water partition coefficient (Wildman–Crippen LogP) is 9.89. The van der Waals surface area contributed by atoms with Crippen LogP contribution in [-0.2, 0) is 9.53 Å². The average molecular weight is 800 g/mol. The fourth-order valence-corrected chi connectivity index (χ4v) is 14.5. The number of aromatic carboxylic acids is 1. The van der Waals surface area contributed by atoms with E-state index in [0.29, 0.717) is 29.2 Å². The van der Waals surface area contributed by atoms with Crippen LogP contribution in [0.1, 0.15) is 142 Å². The normalized spacial score (nSPS) is 37.9. The molecule has 0 aromatic heterocycles. The fourth-order valence-electron chi connectivity index (χ4n) is 14.5. The Balaban J connectivity index is 1.15. The Morgan fingerprint density at radius 1 is 0.879 bits per heavy atom. The molecule has 5 aliphatic carbocycles. The second kappa shape index (κ2) is 14.4. The SMILES string of the molecule is C=C(C)[C@@H]1CC[C@]2(NC(=O)N3CCN(C(=O)OC(C)(C)C)CC3CC(=O)O)CC[C@]3(C)[C@H](CC[C@@H]4[C@@]5(C)CC=C(c6ccc(C(=O)O)cc6)C(C)(C)[C@@H]5CC[C@]43C)[C@@H]12. The largest absolute Gasteiger partial charge is 0.481 e. The molecule has 1 heterocycles. The highest BCUT2D eigenvalue weighted by molar-refractivity contribution is 5.88. The summed E-state index contributed by atoms with van der Waals surface area (Å²) in [6.45, 7) is 25.4. The van der Waals surface area contributed by atoms with Crippen molar-refractivity contribution in [2.24, 2.45) is 51.2 Å². The fraction of sp³-hybridized carbons (Fsp3) is 0.708. The number of piperazine rings is 1. The zero-order valence-corrected chi connectivity index (χ0v) is 36.6. The quantitative estimate of drug-likeness (QED) is 0.244. The van der Waals surface area contributed by atoms with Crippen LogP contribution in [0.25, 0.3) is 5.57 Å². The lowest BCUT2D eigenvalue weighted by Crippen LogP contribution is -2.69. The first-order valence-electron chi connectivity index (χ1n) is 22.0. The van der Waals surface area contributed by atoms with Gasteiger partial charge in [-0.05, 0) is 160 Å². The van der Waals surface area contributed by atoms with Gasteiger partial charge in [0, 0.05) is 25.2 Å². The average Bonchev–Trinajstić information content (AvgIpc) is 3.50. The molecule has 1 saturated heterocycles. The van der Waals surface area contributed by atoms with E-state index in [1.54, 1.807) is 21.9 Å². The smallest absolute Gasteiger partial charge is 0.410 e. The summed E-state index contributed by atoms with van der Waals surface area (Å²) in [5, 5.41) is 23.1. The maximum Gasteiger partial charge on any atom is 0.410 e. The van der Waals surface area contributed by atoms with Crippen molar-refractivity contribution in [3.8, 4) is 0 Å². The molecule has 318 valence electrons. The molecule has 7 rings (SSSR count). The first-order valence-corrected chi connectivity index (χ1v) is 22.0. The summed E-state index contributed by atoms with van der Waals surface area (Å²) in [5.41, 5.74) is 3.07. The van der Waals surface area contributed by atoms with E-state index >= 15 is 0 Å². The number of carbonyl (C=O) groups excluding carboxylic acids is 2. The molecule has 1 aromatic carbocycles. The Kier molecular flexibility index (Phi) is 10.5. The zero-order chi connectivity index (χ0) is 42.4. The molecular formula is C48H69N3O7. The summed E-state index contributed by atoms with van der Waals surface area (Å²) in [7, 11) is 0. The van der Waals surface area contributed by atoms with Gasteiger partial charge in [-0.15, -0.1) is 0 Å². The number of hydrogen-bond donors (Lipinski definition) is 3. The molecule has 10 heteroatoms. The number of carboxylic acids is 2. The number of nitrogens with one attached hydrogen (secondary N) is 1. The van der Waals surface area contributed by atoms with Crippen LogP contribution in [0.15, 0.2) is 42.5 Å². The molecule has 0 bridgehead atoms. The molecule has 1 aromatic rings. The van der Waals surface area contributed by atoms with E-state index in [0.717, 1.165) is 63.4 Å². The summed E-state index contributed by atoms with van der Waals surface area (Å²) >= 11 is 0. The number of aliphatic carboxylic acids is 1. The van der Waals surface area contributed by atoms with Gasteiger partial charge < -0.3 is 30.1 Å².